The number of allylic oxidation sites excluding steroid dienone is 4. The van der Waals surface area contributed by atoms with Gasteiger partial charge in [-0.3, -0.25) is 4.99 Å². The van der Waals surface area contributed by atoms with Crippen molar-refractivity contribution in [2.45, 2.75) is 13.8 Å². The summed E-state index contributed by atoms with van der Waals surface area (Å²) in [6, 6.07) is 0. The second-order valence-corrected chi connectivity index (χ2v) is 3.19. The minimum atomic E-state index is 0.487. The summed E-state index contributed by atoms with van der Waals surface area (Å²) < 4.78 is 0. The van der Waals surface area contributed by atoms with Crippen LogP contribution in [0.15, 0.2) is 41.6 Å². The Morgan fingerprint density at radius 1 is 1.58 bits per heavy atom. The molecule has 2 unspecified atom stereocenters. The maximum Gasteiger partial charge on any atom is 0.0230 e. The molecular weight excluding hydrogens is 146 g/mol. The first-order chi connectivity index (χ1) is 5.74. The van der Waals surface area contributed by atoms with E-state index in [-0.39, 0.29) is 0 Å². The van der Waals surface area contributed by atoms with Crippen molar-refractivity contribution in [3.05, 3.63) is 36.6 Å². The number of hydrogen-bond acceptors (Lipinski definition) is 1. The summed E-state index contributed by atoms with van der Waals surface area (Å²) in [4.78, 5) is 4.08. The summed E-state index contributed by atoms with van der Waals surface area (Å²) in [6.07, 6.45) is 10.1. The third kappa shape index (κ3) is 2.19. The van der Waals surface area contributed by atoms with Gasteiger partial charge >= 0.3 is 0 Å². The number of hydrogen-bond donors (Lipinski definition) is 0. The zero-order valence-corrected chi connectivity index (χ0v) is 7.70. The fraction of sp³-hybridized carbons (Fsp3) is 0.364. The third-order valence-corrected chi connectivity index (χ3v) is 2.10. The van der Waals surface area contributed by atoms with E-state index in [1.54, 1.807) is 0 Å². The lowest BCUT2D eigenvalue weighted by Crippen LogP contribution is -2.10. The standard InChI is InChI=1S/C11H15N/c1-4-9(2)7-11-5-6-12-8-10(11)3/h4-8,10-11H,1H2,2-3H3/b9-7-. The Morgan fingerprint density at radius 3 is 2.92 bits per heavy atom. The Kier molecular flexibility index (Phi) is 3.03. The van der Waals surface area contributed by atoms with Crippen LogP contribution in [0.4, 0.5) is 0 Å². The molecular formula is C11H15N. The van der Waals surface area contributed by atoms with Crippen LogP contribution in [0, 0.1) is 11.8 Å². The summed E-state index contributed by atoms with van der Waals surface area (Å²) in [7, 11) is 0. The molecule has 0 bridgehead atoms. The van der Waals surface area contributed by atoms with E-state index in [0.717, 1.165) is 0 Å². The van der Waals surface area contributed by atoms with Crippen LogP contribution >= 0.6 is 0 Å². The van der Waals surface area contributed by atoms with Gasteiger partial charge in [0.05, 0.1) is 0 Å². The zero-order valence-electron chi connectivity index (χ0n) is 7.70. The lowest BCUT2D eigenvalue weighted by Gasteiger charge is -2.15. The van der Waals surface area contributed by atoms with E-state index >= 15 is 0 Å². The van der Waals surface area contributed by atoms with E-state index in [1.807, 2.05) is 18.5 Å². The highest BCUT2D eigenvalue weighted by Gasteiger charge is 2.11. The van der Waals surface area contributed by atoms with Crippen molar-refractivity contribution in [1.29, 1.82) is 0 Å². The molecule has 0 saturated heterocycles. The highest BCUT2D eigenvalue weighted by Crippen LogP contribution is 2.18. The van der Waals surface area contributed by atoms with Gasteiger partial charge in [-0.05, 0) is 6.92 Å². The van der Waals surface area contributed by atoms with E-state index < -0.39 is 0 Å². The molecule has 1 heteroatoms. The quantitative estimate of drug-likeness (QED) is 0.552. The molecule has 0 aromatic rings. The fourth-order valence-corrected chi connectivity index (χ4v) is 1.19. The molecule has 1 aliphatic rings. The van der Waals surface area contributed by atoms with Crippen LogP contribution in [0.5, 0.6) is 0 Å². The predicted molar refractivity (Wildman–Crippen MR) is 54.2 cm³/mol. The van der Waals surface area contributed by atoms with Crippen LogP contribution in [0.2, 0.25) is 0 Å². The smallest absolute Gasteiger partial charge is 0.0230 e. The molecule has 0 saturated carbocycles. The second-order valence-electron chi connectivity index (χ2n) is 3.19. The first-order valence-corrected chi connectivity index (χ1v) is 4.25. The molecule has 0 N–H and O–H groups in total. The molecule has 0 aromatic heterocycles. The predicted octanol–water partition coefficient (Wildman–Crippen LogP) is 2.97. The largest absolute Gasteiger partial charge is 0.269 e. The van der Waals surface area contributed by atoms with Gasteiger partial charge in [0.2, 0.25) is 0 Å². The first-order valence-electron chi connectivity index (χ1n) is 4.25. The summed E-state index contributed by atoms with van der Waals surface area (Å²) in [5, 5.41) is 0. The fourth-order valence-electron chi connectivity index (χ4n) is 1.19. The van der Waals surface area contributed by atoms with Gasteiger partial charge in [-0.1, -0.05) is 37.3 Å². The van der Waals surface area contributed by atoms with Gasteiger partial charge in [0, 0.05) is 24.3 Å². The van der Waals surface area contributed by atoms with E-state index in [4.69, 9.17) is 0 Å². The summed E-state index contributed by atoms with van der Waals surface area (Å²) >= 11 is 0. The summed E-state index contributed by atoms with van der Waals surface area (Å²) in [5.41, 5.74) is 1.23. The van der Waals surface area contributed by atoms with Gasteiger partial charge in [0.1, 0.15) is 0 Å². The van der Waals surface area contributed by atoms with Gasteiger partial charge in [0.15, 0.2) is 0 Å². The maximum absolute atomic E-state index is 4.08. The average Bonchev–Trinajstić information content (AvgIpc) is 2.09. The number of aliphatic imine (C=N–C) groups is 1. The van der Waals surface area contributed by atoms with Crippen molar-refractivity contribution in [1.82, 2.24) is 0 Å². The van der Waals surface area contributed by atoms with Crippen LogP contribution in [0.3, 0.4) is 0 Å². The summed E-state index contributed by atoms with van der Waals surface area (Å²) in [5.74, 6) is 0.991. The molecule has 0 amide bonds. The Balaban J connectivity index is 2.70. The van der Waals surface area contributed by atoms with Crippen LogP contribution in [-0.4, -0.2) is 6.21 Å². The highest BCUT2D eigenvalue weighted by molar-refractivity contribution is 5.63. The van der Waals surface area contributed by atoms with E-state index in [0.29, 0.717) is 11.8 Å². The van der Waals surface area contributed by atoms with Crippen molar-refractivity contribution in [3.8, 4) is 0 Å². The van der Waals surface area contributed by atoms with Gasteiger partial charge in [-0.15, -0.1) is 0 Å². The number of rotatable bonds is 2. The highest BCUT2D eigenvalue weighted by atomic mass is 14.7. The van der Waals surface area contributed by atoms with Crippen LogP contribution in [0.25, 0.3) is 0 Å². The first kappa shape index (κ1) is 8.98. The molecule has 0 aromatic carbocycles. The van der Waals surface area contributed by atoms with Gasteiger partial charge in [0.25, 0.3) is 0 Å². The summed E-state index contributed by atoms with van der Waals surface area (Å²) in [6.45, 7) is 7.97. The Bertz CT molecular complexity index is 246. The SMILES string of the molecule is C=C/C(C)=C\C1C=CN=CC1C. The van der Waals surface area contributed by atoms with Crippen molar-refractivity contribution in [2.24, 2.45) is 16.8 Å². The molecule has 64 valence electrons. The molecule has 1 rings (SSSR count). The normalized spacial score (nSPS) is 29.0. The number of nitrogens with zero attached hydrogens (tertiary/aromatic N) is 1. The molecule has 12 heavy (non-hydrogen) atoms. The van der Waals surface area contributed by atoms with Crippen LogP contribution in [0.1, 0.15) is 13.8 Å². The molecule has 1 heterocycles. The molecule has 0 spiro atoms. The van der Waals surface area contributed by atoms with Crippen LogP contribution < -0.4 is 0 Å². The molecule has 0 radical (unpaired) electrons. The van der Waals surface area contributed by atoms with E-state index in [1.165, 1.54) is 5.57 Å². The van der Waals surface area contributed by atoms with Crippen molar-refractivity contribution >= 4 is 6.21 Å². The maximum atomic E-state index is 4.08. The Hall–Kier alpha value is -1.11. The minimum absolute atomic E-state index is 0.487. The molecule has 1 nitrogen and oxygen atoms in total. The van der Waals surface area contributed by atoms with Gasteiger partial charge < -0.3 is 0 Å². The average molecular weight is 161 g/mol. The lowest BCUT2D eigenvalue weighted by atomic mass is 9.92. The van der Waals surface area contributed by atoms with Gasteiger partial charge in [-0.25, -0.2) is 0 Å². The Morgan fingerprint density at radius 2 is 2.33 bits per heavy atom. The van der Waals surface area contributed by atoms with E-state index in [9.17, 15) is 0 Å². The molecule has 1 aliphatic heterocycles. The lowest BCUT2D eigenvalue weighted by molar-refractivity contribution is 0.648. The van der Waals surface area contributed by atoms with Crippen molar-refractivity contribution in [3.63, 3.8) is 0 Å². The minimum Gasteiger partial charge on any atom is -0.269 e. The third-order valence-electron chi connectivity index (χ3n) is 2.10. The zero-order chi connectivity index (χ0) is 8.97. The molecule has 0 fully saturated rings. The second kappa shape index (κ2) is 4.05. The molecule has 0 aliphatic carbocycles. The Labute approximate surface area is 74.2 Å². The van der Waals surface area contributed by atoms with Crippen molar-refractivity contribution < 1.29 is 0 Å². The molecule has 2 atom stereocenters. The van der Waals surface area contributed by atoms with Crippen molar-refractivity contribution in [2.75, 3.05) is 0 Å². The van der Waals surface area contributed by atoms with Gasteiger partial charge in [-0.2, -0.15) is 0 Å². The van der Waals surface area contributed by atoms with Crippen LogP contribution in [-0.2, 0) is 0 Å². The topological polar surface area (TPSA) is 12.4 Å². The monoisotopic (exact) mass is 161 g/mol. The van der Waals surface area contributed by atoms with E-state index in [2.05, 4.69) is 37.6 Å².